The minimum absolute atomic E-state index is 0.316. The first-order valence-electron chi connectivity index (χ1n) is 6.31. The number of carbonyl (C=O) groups is 1. The number of amides is 1. The van der Waals surface area contributed by atoms with Crippen molar-refractivity contribution in [3.63, 3.8) is 0 Å². The van der Waals surface area contributed by atoms with E-state index in [1.54, 1.807) is 18.2 Å². The van der Waals surface area contributed by atoms with Crippen LogP contribution in [-0.4, -0.2) is 12.5 Å². The van der Waals surface area contributed by atoms with Crippen LogP contribution < -0.4 is 10.1 Å². The van der Waals surface area contributed by atoms with E-state index in [0.29, 0.717) is 15.2 Å². The van der Waals surface area contributed by atoms with Crippen molar-refractivity contribution in [3.8, 4) is 5.75 Å². The number of alkyl halides is 3. The predicted molar refractivity (Wildman–Crippen MR) is 84.7 cm³/mol. The highest BCUT2D eigenvalue weighted by molar-refractivity contribution is 9.10. The van der Waals surface area contributed by atoms with E-state index in [-0.39, 0.29) is 5.69 Å². The molecule has 0 aliphatic carbocycles. The first-order valence-corrected chi connectivity index (χ1v) is 7.48. The third-order valence-electron chi connectivity index (χ3n) is 2.76. The molecule has 3 nitrogen and oxygen atoms in total. The van der Waals surface area contributed by atoms with E-state index in [1.165, 1.54) is 18.2 Å². The van der Waals surface area contributed by atoms with Crippen molar-refractivity contribution in [1.29, 1.82) is 0 Å². The van der Waals surface area contributed by atoms with Crippen LogP contribution in [-0.2, 0) is 11.0 Å². The summed E-state index contributed by atoms with van der Waals surface area (Å²) in [6.45, 7) is -0.438. The van der Waals surface area contributed by atoms with Gasteiger partial charge in [-0.05, 0) is 46.3 Å². The van der Waals surface area contributed by atoms with Crippen molar-refractivity contribution in [2.45, 2.75) is 6.18 Å². The highest BCUT2D eigenvalue weighted by Crippen LogP contribution is 2.34. The summed E-state index contributed by atoms with van der Waals surface area (Å²) in [5.41, 5.74) is -1.23. The van der Waals surface area contributed by atoms with Crippen LogP contribution in [0.3, 0.4) is 0 Å². The molecule has 2 aromatic carbocycles. The minimum Gasteiger partial charge on any atom is -0.483 e. The van der Waals surface area contributed by atoms with Crippen LogP contribution in [0.2, 0.25) is 5.02 Å². The number of anilines is 1. The lowest BCUT2D eigenvalue weighted by Gasteiger charge is -2.14. The zero-order valence-electron chi connectivity index (χ0n) is 11.5. The molecule has 2 rings (SSSR count). The lowest BCUT2D eigenvalue weighted by Crippen LogP contribution is -2.22. The quantitative estimate of drug-likeness (QED) is 0.761. The normalized spacial score (nSPS) is 11.2. The molecular weight excluding hydrogens is 399 g/mol. The van der Waals surface area contributed by atoms with Gasteiger partial charge in [-0.15, -0.1) is 0 Å². The summed E-state index contributed by atoms with van der Waals surface area (Å²) < 4.78 is 44.3. The van der Waals surface area contributed by atoms with Gasteiger partial charge in [-0.1, -0.05) is 23.7 Å². The van der Waals surface area contributed by atoms with Gasteiger partial charge in [0.05, 0.1) is 15.7 Å². The molecule has 0 unspecified atom stereocenters. The largest absolute Gasteiger partial charge is 0.483 e. The first kappa shape index (κ1) is 17.6. The van der Waals surface area contributed by atoms with E-state index in [9.17, 15) is 18.0 Å². The van der Waals surface area contributed by atoms with E-state index in [4.69, 9.17) is 16.3 Å². The second kappa shape index (κ2) is 7.23. The Morgan fingerprint density at radius 3 is 2.57 bits per heavy atom. The van der Waals surface area contributed by atoms with Gasteiger partial charge in [0.15, 0.2) is 6.61 Å². The van der Waals surface area contributed by atoms with E-state index in [2.05, 4.69) is 21.2 Å². The van der Waals surface area contributed by atoms with Crippen molar-refractivity contribution in [2.24, 2.45) is 0 Å². The summed E-state index contributed by atoms with van der Waals surface area (Å²) in [7, 11) is 0. The molecule has 0 aliphatic rings. The molecule has 0 heterocycles. The Balaban J connectivity index is 2.03. The Morgan fingerprint density at radius 2 is 1.91 bits per heavy atom. The molecule has 0 fully saturated rings. The molecular formula is C15H10BrClF3NO2. The number of benzene rings is 2. The maximum Gasteiger partial charge on any atom is 0.418 e. The standard InChI is InChI=1S/C15H10BrClF3NO2/c16-11-7-9(17)5-6-13(11)23-8-14(22)21-12-4-2-1-3-10(12)15(18,19)20/h1-7H,8H2,(H,21,22). The molecule has 0 saturated carbocycles. The van der Waals surface area contributed by atoms with Crippen LogP contribution in [0.4, 0.5) is 18.9 Å². The minimum atomic E-state index is -4.55. The fraction of sp³-hybridized carbons (Fsp3) is 0.133. The van der Waals surface area contributed by atoms with Crippen molar-refractivity contribution in [2.75, 3.05) is 11.9 Å². The van der Waals surface area contributed by atoms with Gasteiger partial charge in [-0.25, -0.2) is 0 Å². The third kappa shape index (κ3) is 4.87. The van der Waals surface area contributed by atoms with Crippen LogP contribution in [0.15, 0.2) is 46.9 Å². The zero-order valence-corrected chi connectivity index (χ0v) is 13.8. The molecule has 0 radical (unpaired) electrons. The molecule has 0 aliphatic heterocycles. The number of para-hydroxylation sites is 1. The van der Waals surface area contributed by atoms with Gasteiger partial charge in [0.2, 0.25) is 0 Å². The molecule has 0 spiro atoms. The Hall–Kier alpha value is -1.73. The molecule has 8 heteroatoms. The van der Waals surface area contributed by atoms with Gasteiger partial charge in [-0.2, -0.15) is 13.2 Å². The summed E-state index contributed by atoms with van der Waals surface area (Å²) in [5, 5.41) is 2.67. The molecule has 122 valence electrons. The molecule has 0 atom stereocenters. The van der Waals surface area contributed by atoms with Crippen molar-refractivity contribution in [1.82, 2.24) is 0 Å². The highest BCUT2D eigenvalue weighted by atomic mass is 79.9. The maximum absolute atomic E-state index is 12.8. The molecule has 0 aromatic heterocycles. The van der Waals surface area contributed by atoms with E-state index >= 15 is 0 Å². The van der Waals surface area contributed by atoms with Crippen LogP contribution in [0, 0.1) is 0 Å². The third-order valence-corrected chi connectivity index (χ3v) is 3.61. The van der Waals surface area contributed by atoms with Crippen LogP contribution in [0.1, 0.15) is 5.56 Å². The van der Waals surface area contributed by atoms with Crippen LogP contribution in [0.5, 0.6) is 5.75 Å². The number of ether oxygens (including phenoxy) is 1. The van der Waals surface area contributed by atoms with Gasteiger partial charge in [-0.3, -0.25) is 4.79 Å². The topological polar surface area (TPSA) is 38.3 Å². The first-order chi connectivity index (χ1) is 10.8. The summed E-state index contributed by atoms with van der Waals surface area (Å²) >= 11 is 8.99. The van der Waals surface area contributed by atoms with Gasteiger partial charge >= 0.3 is 6.18 Å². The zero-order chi connectivity index (χ0) is 17.0. The average molecular weight is 409 g/mol. The number of hydrogen-bond acceptors (Lipinski definition) is 2. The van der Waals surface area contributed by atoms with Crippen molar-refractivity contribution >= 4 is 39.1 Å². The average Bonchev–Trinajstić information content (AvgIpc) is 2.46. The monoisotopic (exact) mass is 407 g/mol. The van der Waals surface area contributed by atoms with E-state index < -0.39 is 24.3 Å². The fourth-order valence-electron chi connectivity index (χ4n) is 1.76. The molecule has 1 N–H and O–H groups in total. The lowest BCUT2D eigenvalue weighted by atomic mass is 10.1. The second-order valence-corrected chi connectivity index (χ2v) is 5.75. The van der Waals surface area contributed by atoms with E-state index in [1.807, 2.05) is 0 Å². The molecule has 23 heavy (non-hydrogen) atoms. The highest BCUT2D eigenvalue weighted by Gasteiger charge is 2.33. The number of carbonyl (C=O) groups excluding carboxylic acids is 1. The summed E-state index contributed by atoms with van der Waals surface area (Å²) in [4.78, 5) is 11.8. The second-order valence-electron chi connectivity index (χ2n) is 4.45. The van der Waals surface area contributed by atoms with Gasteiger partial charge in [0, 0.05) is 5.02 Å². The molecule has 2 aromatic rings. The Morgan fingerprint density at radius 1 is 1.22 bits per heavy atom. The lowest BCUT2D eigenvalue weighted by molar-refractivity contribution is -0.137. The number of rotatable bonds is 4. The molecule has 1 amide bonds. The summed E-state index contributed by atoms with van der Waals surface area (Å²) in [6.07, 6.45) is -4.55. The van der Waals surface area contributed by atoms with Gasteiger partial charge < -0.3 is 10.1 Å². The van der Waals surface area contributed by atoms with E-state index in [0.717, 1.165) is 6.07 Å². The number of halogens is 5. The Kier molecular flexibility index (Phi) is 5.54. The SMILES string of the molecule is O=C(COc1ccc(Cl)cc1Br)Nc1ccccc1C(F)(F)F. The Bertz CT molecular complexity index is 722. The number of nitrogens with one attached hydrogen (secondary N) is 1. The molecule has 0 bridgehead atoms. The summed E-state index contributed by atoms with van der Waals surface area (Å²) in [6, 6.07) is 9.42. The Labute approximate surface area is 143 Å². The number of hydrogen-bond donors (Lipinski definition) is 1. The van der Waals surface area contributed by atoms with Crippen LogP contribution in [0.25, 0.3) is 0 Å². The predicted octanol–water partition coefficient (Wildman–Crippen LogP) is 5.14. The maximum atomic E-state index is 12.8. The summed E-state index contributed by atoms with van der Waals surface area (Å²) in [5.74, 6) is -0.350. The smallest absolute Gasteiger partial charge is 0.418 e. The van der Waals surface area contributed by atoms with Crippen molar-refractivity contribution < 1.29 is 22.7 Å². The molecule has 0 saturated heterocycles. The van der Waals surface area contributed by atoms with Gasteiger partial charge in [0.25, 0.3) is 5.91 Å². The van der Waals surface area contributed by atoms with Crippen molar-refractivity contribution in [3.05, 3.63) is 57.5 Å². The fourth-order valence-corrected chi connectivity index (χ4v) is 2.56. The van der Waals surface area contributed by atoms with Crippen LogP contribution >= 0.6 is 27.5 Å². The van der Waals surface area contributed by atoms with Gasteiger partial charge in [0.1, 0.15) is 5.75 Å².